The Balaban J connectivity index is 1.34. The number of ether oxygens (including phenoxy) is 1. The van der Waals surface area contributed by atoms with E-state index in [1.54, 1.807) is 0 Å². The first-order chi connectivity index (χ1) is 13.9. The fourth-order valence-electron chi connectivity index (χ4n) is 6.74. The minimum absolute atomic E-state index is 0.162. The highest BCUT2D eigenvalue weighted by atomic mass is 19.2. The van der Waals surface area contributed by atoms with Crippen molar-refractivity contribution in [1.29, 1.82) is 0 Å². The van der Waals surface area contributed by atoms with E-state index in [1.807, 2.05) is 0 Å². The van der Waals surface area contributed by atoms with Crippen LogP contribution in [0.15, 0.2) is 12.1 Å². The fraction of sp³-hybridized carbons (Fsp3) is 0.682. The number of carbonyl (C=O) groups is 1. The summed E-state index contributed by atoms with van der Waals surface area (Å²) in [4.78, 5) is 12.6. The van der Waals surface area contributed by atoms with E-state index in [2.05, 4.69) is 10.6 Å². The summed E-state index contributed by atoms with van der Waals surface area (Å²) < 4.78 is 47.3. The van der Waals surface area contributed by atoms with Crippen molar-refractivity contribution in [1.82, 2.24) is 5.32 Å². The molecule has 4 bridgehead atoms. The second kappa shape index (κ2) is 6.89. The number of hydrogen-bond donors (Lipinski definition) is 2. The number of amides is 2. The molecule has 4 nitrogen and oxygen atoms in total. The van der Waals surface area contributed by atoms with Crippen molar-refractivity contribution in [2.75, 3.05) is 5.32 Å². The molecule has 1 aromatic rings. The maximum absolute atomic E-state index is 13.9. The van der Waals surface area contributed by atoms with E-state index in [1.165, 1.54) is 38.5 Å². The Hall–Kier alpha value is -1.76. The minimum Gasteiger partial charge on any atom is -0.349 e. The third-order valence-electron chi connectivity index (χ3n) is 7.54. The summed E-state index contributed by atoms with van der Waals surface area (Å²) in [5, 5.41) is 5.28. The van der Waals surface area contributed by atoms with Gasteiger partial charge in [-0.25, -0.2) is 18.0 Å². The lowest BCUT2D eigenvalue weighted by Gasteiger charge is -2.64. The van der Waals surface area contributed by atoms with E-state index >= 15 is 0 Å². The highest BCUT2D eigenvalue weighted by molar-refractivity contribution is 5.89. The second-order valence-corrected chi connectivity index (χ2v) is 9.58. The van der Waals surface area contributed by atoms with E-state index in [0.29, 0.717) is 17.8 Å². The number of nitrogens with one attached hydrogen (secondary N) is 2. The summed E-state index contributed by atoms with van der Waals surface area (Å²) in [5.74, 6) is -2.69. The predicted molar refractivity (Wildman–Crippen MR) is 102 cm³/mol. The van der Waals surface area contributed by atoms with E-state index in [9.17, 15) is 18.0 Å². The molecule has 2 N–H and O–H groups in total. The van der Waals surface area contributed by atoms with E-state index in [4.69, 9.17) is 4.74 Å². The fourth-order valence-corrected chi connectivity index (χ4v) is 6.74. The van der Waals surface area contributed by atoms with Crippen molar-refractivity contribution in [2.24, 2.45) is 17.8 Å². The summed E-state index contributed by atoms with van der Waals surface area (Å²) in [7, 11) is 0. The van der Waals surface area contributed by atoms with Gasteiger partial charge in [-0.3, -0.25) is 0 Å². The maximum Gasteiger partial charge on any atom is 0.321 e. The lowest BCUT2D eigenvalue weighted by atomic mass is 9.55. The number of carbonyl (C=O) groups excluding carboxylic acids is 1. The zero-order chi connectivity index (χ0) is 20.2. The molecule has 5 fully saturated rings. The van der Waals surface area contributed by atoms with Gasteiger partial charge in [-0.15, -0.1) is 0 Å². The molecular formula is C22H27F3N2O2. The number of rotatable bonds is 3. The molecule has 0 radical (unpaired) electrons. The summed E-state index contributed by atoms with van der Waals surface area (Å²) >= 11 is 0. The molecular weight excluding hydrogens is 381 g/mol. The van der Waals surface area contributed by atoms with Crippen molar-refractivity contribution in [3.05, 3.63) is 29.6 Å². The van der Waals surface area contributed by atoms with Crippen LogP contribution in [-0.4, -0.2) is 17.4 Å². The van der Waals surface area contributed by atoms with Gasteiger partial charge in [0.15, 0.2) is 17.5 Å². The van der Waals surface area contributed by atoms with Crippen LogP contribution in [0, 0.1) is 35.2 Å². The van der Waals surface area contributed by atoms with Gasteiger partial charge in [-0.05, 0) is 74.8 Å². The Labute approximate surface area is 168 Å². The van der Waals surface area contributed by atoms with Gasteiger partial charge in [-0.2, -0.15) is 0 Å². The van der Waals surface area contributed by atoms with Crippen molar-refractivity contribution in [2.45, 2.75) is 75.5 Å². The van der Waals surface area contributed by atoms with Gasteiger partial charge < -0.3 is 15.4 Å². The van der Waals surface area contributed by atoms with Gasteiger partial charge in [0.05, 0.1) is 11.3 Å². The maximum atomic E-state index is 13.9. The smallest absolute Gasteiger partial charge is 0.321 e. The Kier molecular flexibility index (Phi) is 4.57. The molecule has 5 aliphatic rings. The van der Waals surface area contributed by atoms with Gasteiger partial charge >= 0.3 is 6.03 Å². The Morgan fingerprint density at radius 1 is 0.966 bits per heavy atom. The largest absolute Gasteiger partial charge is 0.349 e. The highest BCUT2D eigenvalue weighted by Crippen LogP contribution is 2.60. The lowest BCUT2D eigenvalue weighted by Crippen LogP contribution is -2.69. The second-order valence-electron chi connectivity index (χ2n) is 9.58. The molecule has 2 saturated heterocycles. The first-order valence-electron chi connectivity index (χ1n) is 10.8. The molecule has 3 aliphatic carbocycles. The first-order valence-corrected chi connectivity index (χ1v) is 10.8. The molecule has 6 rings (SSSR count). The molecule has 0 aromatic heterocycles. The van der Waals surface area contributed by atoms with Crippen LogP contribution in [0.1, 0.15) is 64.2 Å². The van der Waals surface area contributed by atoms with Crippen LogP contribution in [-0.2, 0) is 4.74 Å². The molecule has 29 heavy (non-hydrogen) atoms. The normalized spacial score (nSPS) is 36.2. The molecule has 0 spiro atoms. The molecule has 2 heterocycles. The molecule has 2 amide bonds. The predicted octanol–water partition coefficient (Wildman–Crippen LogP) is 5.48. The van der Waals surface area contributed by atoms with Crippen LogP contribution in [0.3, 0.4) is 0 Å². The number of hydrogen-bond acceptors (Lipinski definition) is 2. The Morgan fingerprint density at radius 2 is 1.66 bits per heavy atom. The summed E-state index contributed by atoms with van der Waals surface area (Å²) in [5.41, 5.74) is -1.29. The number of halogens is 3. The van der Waals surface area contributed by atoms with Crippen molar-refractivity contribution in [3.8, 4) is 0 Å². The SMILES string of the molecule is O=C(Nc1ccc(F)c(F)c1F)N[C@@]12CC3C[C@H](C1)C[C@](C1CCCCC1)(C3)O2. The van der Waals surface area contributed by atoms with Crippen molar-refractivity contribution in [3.63, 3.8) is 0 Å². The van der Waals surface area contributed by atoms with E-state index in [-0.39, 0.29) is 11.3 Å². The average molecular weight is 408 g/mol. The molecule has 1 aromatic carbocycles. The number of urea groups is 1. The quantitative estimate of drug-likeness (QED) is 0.651. The van der Waals surface area contributed by atoms with E-state index in [0.717, 1.165) is 37.8 Å². The minimum atomic E-state index is -1.59. The first kappa shape index (κ1) is 19.2. The average Bonchev–Trinajstić information content (AvgIpc) is 2.68. The Morgan fingerprint density at radius 3 is 2.34 bits per heavy atom. The third-order valence-corrected chi connectivity index (χ3v) is 7.54. The van der Waals surface area contributed by atoms with Gasteiger partial charge in [0, 0.05) is 0 Å². The van der Waals surface area contributed by atoms with Crippen LogP contribution < -0.4 is 10.6 Å². The van der Waals surface area contributed by atoms with Gasteiger partial charge in [0.25, 0.3) is 0 Å². The molecule has 7 heteroatoms. The van der Waals surface area contributed by atoms with Crippen molar-refractivity contribution >= 4 is 11.7 Å². The standard InChI is InChI=1S/C22H27F3N2O2/c23-16-6-7-17(19(25)18(16)24)26-20(28)27-22-11-13-8-14(12-22)10-21(9-13,29-22)15-4-2-1-3-5-15/h6-7,13-15H,1-5,8-12H2,(H2,26,27,28)/t13-,14?,21+,22-/m0/s1. The topological polar surface area (TPSA) is 50.4 Å². The molecule has 2 aliphatic heterocycles. The Bertz CT molecular complexity index is 811. The number of benzene rings is 1. The molecule has 1 unspecified atom stereocenters. The molecule has 158 valence electrons. The monoisotopic (exact) mass is 408 g/mol. The van der Waals surface area contributed by atoms with E-state index < -0.39 is 29.2 Å². The van der Waals surface area contributed by atoms with Gasteiger partial charge in [0.2, 0.25) is 0 Å². The zero-order valence-corrected chi connectivity index (χ0v) is 16.4. The summed E-state index contributed by atoms with van der Waals surface area (Å²) in [6, 6.07) is 1.18. The zero-order valence-electron chi connectivity index (χ0n) is 16.4. The number of anilines is 1. The highest BCUT2D eigenvalue weighted by Gasteiger charge is 2.61. The van der Waals surface area contributed by atoms with Crippen LogP contribution in [0.4, 0.5) is 23.7 Å². The summed E-state index contributed by atoms with van der Waals surface area (Å²) in [6.07, 6.45) is 10.9. The van der Waals surface area contributed by atoms with Crippen LogP contribution in [0.25, 0.3) is 0 Å². The third kappa shape index (κ3) is 3.31. The van der Waals surface area contributed by atoms with Crippen LogP contribution in [0.5, 0.6) is 0 Å². The van der Waals surface area contributed by atoms with Crippen LogP contribution >= 0.6 is 0 Å². The molecule has 4 atom stereocenters. The van der Waals surface area contributed by atoms with Crippen molar-refractivity contribution < 1.29 is 22.7 Å². The van der Waals surface area contributed by atoms with Crippen LogP contribution in [0.2, 0.25) is 0 Å². The van der Waals surface area contributed by atoms with Gasteiger partial charge in [0.1, 0.15) is 5.72 Å². The molecule has 3 saturated carbocycles. The van der Waals surface area contributed by atoms with Gasteiger partial charge in [-0.1, -0.05) is 19.3 Å². The lowest BCUT2D eigenvalue weighted by molar-refractivity contribution is -0.301. The summed E-state index contributed by atoms with van der Waals surface area (Å²) in [6.45, 7) is 0.